The maximum Gasteiger partial charge on any atom is 0.251 e. The van der Waals surface area contributed by atoms with Gasteiger partial charge >= 0.3 is 0 Å². The molecule has 13 nitrogen and oxygen atoms in total. The molecule has 13 heteroatoms. The lowest BCUT2D eigenvalue weighted by Gasteiger charge is -2.22. The fourth-order valence-corrected chi connectivity index (χ4v) is 4.57. The summed E-state index contributed by atoms with van der Waals surface area (Å²) in [5.41, 5.74) is 2.10. The van der Waals surface area contributed by atoms with Gasteiger partial charge in [-0.05, 0) is 55.2 Å². The van der Waals surface area contributed by atoms with E-state index in [4.69, 9.17) is 9.47 Å². The standard InChI is InChI=1S/C31H39N7O6/c1-19(2)14-25-31(42)33-17-24-18-38(37-36-24)12-5-13-44-27-15-23(10-11-26(27)43-4)29(40)32-16-21-6-8-22(9-7-21)30(41)34-20(3)28(39)35-25/h6-11,15,18-20,25H,5,12-14,16-17H2,1-4H3,(H,32,40)(H,33,42)(H,34,41)(H,35,39)/t20-,25-/m1/s1. The van der Waals surface area contributed by atoms with E-state index in [9.17, 15) is 19.2 Å². The van der Waals surface area contributed by atoms with Crippen molar-refractivity contribution in [3.63, 3.8) is 0 Å². The Balaban J connectivity index is 1.53. The van der Waals surface area contributed by atoms with Crippen molar-refractivity contribution in [1.82, 2.24) is 36.3 Å². The average Bonchev–Trinajstić information content (AvgIpc) is 3.47. The lowest BCUT2D eigenvalue weighted by molar-refractivity contribution is -0.130. The molecule has 2 atom stereocenters. The van der Waals surface area contributed by atoms with E-state index in [2.05, 4.69) is 31.6 Å². The molecule has 0 unspecified atom stereocenters. The SMILES string of the molecule is COc1ccc2cc1OCCCn1cc(nn1)CNC(=O)[C@@H](CC(C)C)NC(=O)[C@@H](C)NC(=O)c1ccc(cc1)CNC2=O. The van der Waals surface area contributed by atoms with Crippen LogP contribution in [-0.2, 0) is 29.2 Å². The van der Waals surface area contributed by atoms with Crippen LogP contribution in [-0.4, -0.2) is 64.4 Å². The zero-order valence-electron chi connectivity index (χ0n) is 25.4. The van der Waals surface area contributed by atoms with Gasteiger partial charge in [-0.15, -0.1) is 5.10 Å². The van der Waals surface area contributed by atoms with Gasteiger partial charge in [-0.1, -0.05) is 31.2 Å². The van der Waals surface area contributed by atoms with Gasteiger partial charge in [0.15, 0.2) is 11.5 Å². The van der Waals surface area contributed by atoms with E-state index in [1.807, 2.05) is 13.8 Å². The van der Waals surface area contributed by atoms with Crippen molar-refractivity contribution in [3.8, 4) is 11.5 Å². The van der Waals surface area contributed by atoms with Crippen molar-refractivity contribution >= 4 is 23.6 Å². The van der Waals surface area contributed by atoms with Crippen LogP contribution in [0.15, 0.2) is 48.7 Å². The number of amides is 4. The Morgan fingerprint density at radius 3 is 2.43 bits per heavy atom. The molecule has 0 saturated carbocycles. The molecule has 2 aliphatic heterocycles. The normalized spacial score (nSPS) is 18.9. The highest BCUT2D eigenvalue weighted by molar-refractivity contribution is 5.98. The summed E-state index contributed by atoms with van der Waals surface area (Å²) in [4.78, 5) is 51.7. The molecule has 2 aliphatic rings. The van der Waals surface area contributed by atoms with Crippen molar-refractivity contribution in [2.24, 2.45) is 5.92 Å². The van der Waals surface area contributed by atoms with Crippen LogP contribution in [0.4, 0.5) is 0 Å². The van der Waals surface area contributed by atoms with Crippen LogP contribution < -0.4 is 30.7 Å². The second-order valence-corrected chi connectivity index (χ2v) is 11.0. The van der Waals surface area contributed by atoms with Gasteiger partial charge in [0, 0.05) is 30.6 Å². The van der Waals surface area contributed by atoms with Crippen LogP contribution in [0, 0.1) is 5.92 Å². The summed E-state index contributed by atoms with van der Waals surface area (Å²) >= 11 is 0. The number of hydrogen-bond donors (Lipinski definition) is 4. The Morgan fingerprint density at radius 1 is 0.955 bits per heavy atom. The second kappa shape index (κ2) is 15.0. The molecule has 5 rings (SSSR count). The number of nitrogens with one attached hydrogen (secondary N) is 4. The first-order chi connectivity index (χ1) is 21.1. The maximum absolute atomic E-state index is 13.0. The number of carbonyl (C=O) groups excluding carboxylic acids is 4. The molecular weight excluding hydrogens is 566 g/mol. The molecule has 0 radical (unpaired) electrons. The maximum atomic E-state index is 13.0. The largest absolute Gasteiger partial charge is 0.493 e. The molecule has 234 valence electrons. The first kappa shape index (κ1) is 32.0. The summed E-state index contributed by atoms with van der Waals surface area (Å²) < 4.78 is 13.0. The number of fused-ring (bicyclic) bond motifs is 15. The van der Waals surface area contributed by atoms with Crippen LogP contribution in [0.3, 0.4) is 0 Å². The third-order valence-electron chi connectivity index (χ3n) is 6.99. The molecule has 0 fully saturated rings. The Hall–Kier alpha value is -4.94. The lowest BCUT2D eigenvalue weighted by Crippen LogP contribution is -2.53. The number of methoxy groups -OCH3 is 1. The van der Waals surface area contributed by atoms with Gasteiger partial charge in [-0.3, -0.25) is 23.9 Å². The highest BCUT2D eigenvalue weighted by Crippen LogP contribution is 2.28. The molecule has 2 aromatic carbocycles. The summed E-state index contributed by atoms with van der Waals surface area (Å²) in [5, 5.41) is 19.4. The summed E-state index contributed by atoms with van der Waals surface area (Å²) in [6, 6.07) is 9.98. The van der Waals surface area contributed by atoms with Crippen LogP contribution in [0.2, 0.25) is 0 Å². The van der Waals surface area contributed by atoms with Crippen LogP contribution in [0.1, 0.15) is 65.6 Å². The van der Waals surface area contributed by atoms with Gasteiger partial charge in [0.25, 0.3) is 11.8 Å². The second-order valence-electron chi connectivity index (χ2n) is 11.0. The fourth-order valence-electron chi connectivity index (χ4n) is 4.57. The average molecular weight is 606 g/mol. The molecule has 0 aliphatic carbocycles. The predicted octanol–water partition coefficient (Wildman–Crippen LogP) is 1.96. The third kappa shape index (κ3) is 8.79. The van der Waals surface area contributed by atoms with Gasteiger partial charge < -0.3 is 30.7 Å². The van der Waals surface area contributed by atoms with Crippen LogP contribution in [0.5, 0.6) is 11.5 Å². The van der Waals surface area contributed by atoms with Gasteiger partial charge in [0.05, 0.1) is 26.5 Å². The Bertz CT molecular complexity index is 1470. The van der Waals surface area contributed by atoms with Crippen molar-refractivity contribution < 1.29 is 28.7 Å². The van der Waals surface area contributed by atoms with E-state index in [1.54, 1.807) is 60.3 Å². The summed E-state index contributed by atoms with van der Waals surface area (Å²) in [7, 11) is 1.53. The zero-order chi connectivity index (χ0) is 31.6. The number of ether oxygens (including phenoxy) is 2. The van der Waals surface area contributed by atoms with Crippen molar-refractivity contribution in [2.75, 3.05) is 13.7 Å². The molecule has 3 heterocycles. The van der Waals surface area contributed by atoms with E-state index < -0.39 is 23.9 Å². The van der Waals surface area contributed by atoms with Crippen molar-refractivity contribution in [3.05, 3.63) is 71.0 Å². The molecule has 4 N–H and O–H groups in total. The monoisotopic (exact) mass is 605 g/mol. The number of rotatable bonds is 3. The number of aromatic nitrogens is 3. The number of hydrogen-bond acceptors (Lipinski definition) is 8. The van der Waals surface area contributed by atoms with Gasteiger partial charge in [0.2, 0.25) is 11.8 Å². The molecule has 0 saturated heterocycles. The van der Waals surface area contributed by atoms with E-state index in [0.29, 0.717) is 54.3 Å². The molecule has 3 aromatic rings. The van der Waals surface area contributed by atoms with E-state index in [0.717, 1.165) is 5.56 Å². The molecule has 6 bridgehead atoms. The lowest BCUT2D eigenvalue weighted by atomic mass is 10.0. The van der Waals surface area contributed by atoms with Crippen LogP contribution >= 0.6 is 0 Å². The quantitative estimate of drug-likeness (QED) is 0.329. The minimum atomic E-state index is -0.888. The first-order valence-electron chi connectivity index (χ1n) is 14.6. The number of benzene rings is 2. The Kier molecular flexibility index (Phi) is 10.9. The molecule has 0 spiro atoms. The molecule has 44 heavy (non-hydrogen) atoms. The number of aryl methyl sites for hydroxylation is 1. The summed E-state index contributed by atoms with van der Waals surface area (Å²) in [6.45, 7) is 6.69. The third-order valence-corrected chi connectivity index (χ3v) is 6.99. The first-order valence-corrected chi connectivity index (χ1v) is 14.6. The predicted molar refractivity (Wildman–Crippen MR) is 161 cm³/mol. The van der Waals surface area contributed by atoms with Crippen molar-refractivity contribution in [1.29, 1.82) is 0 Å². The minimum Gasteiger partial charge on any atom is -0.493 e. The highest BCUT2D eigenvalue weighted by atomic mass is 16.5. The topological polar surface area (TPSA) is 166 Å². The fraction of sp³-hybridized carbons (Fsp3) is 0.419. The summed E-state index contributed by atoms with van der Waals surface area (Å²) in [5.74, 6) is -0.490. The molecule has 1 aromatic heterocycles. The van der Waals surface area contributed by atoms with E-state index in [-0.39, 0.29) is 30.8 Å². The zero-order valence-corrected chi connectivity index (χ0v) is 25.4. The molecule has 4 amide bonds. The Morgan fingerprint density at radius 2 is 1.70 bits per heavy atom. The van der Waals surface area contributed by atoms with Gasteiger partial charge in [-0.2, -0.15) is 0 Å². The number of nitrogens with zero attached hydrogens (tertiary/aromatic N) is 3. The number of carbonyl (C=O) groups is 4. The van der Waals surface area contributed by atoms with Crippen LogP contribution in [0.25, 0.3) is 0 Å². The Labute approximate surface area is 256 Å². The van der Waals surface area contributed by atoms with Gasteiger partial charge in [-0.25, -0.2) is 0 Å². The minimum absolute atomic E-state index is 0.130. The summed E-state index contributed by atoms with van der Waals surface area (Å²) in [6.07, 6.45) is 2.74. The van der Waals surface area contributed by atoms with E-state index in [1.165, 1.54) is 7.11 Å². The smallest absolute Gasteiger partial charge is 0.251 e. The highest BCUT2D eigenvalue weighted by Gasteiger charge is 2.25. The van der Waals surface area contributed by atoms with E-state index >= 15 is 0 Å². The molecular formula is C31H39N7O6. The van der Waals surface area contributed by atoms with Crippen molar-refractivity contribution in [2.45, 2.75) is 65.3 Å². The van der Waals surface area contributed by atoms with Gasteiger partial charge in [0.1, 0.15) is 17.8 Å².